The summed E-state index contributed by atoms with van der Waals surface area (Å²) in [4.78, 5) is 31.5. The van der Waals surface area contributed by atoms with E-state index < -0.39 is 17.7 Å². The molecule has 1 fully saturated rings. The molecule has 0 radical (unpaired) electrons. The smallest absolute Gasteiger partial charge is 0.295 e. The molecule has 6 heteroatoms. The maximum absolute atomic E-state index is 13.0. The van der Waals surface area contributed by atoms with E-state index in [9.17, 15) is 14.7 Å². The normalized spacial score (nSPS) is 18.1. The van der Waals surface area contributed by atoms with E-state index in [1.54, 1.807) is 48.8 Å². The van der Waals surface area contributed by atoms with Gasteiger partial charge in [-0.1, -0.05) is 35.9 Å². The number of hydrogen-bond acceptors (Lipinski definition) is 4. The maximum atomic E-state index is 13.0. The lowest BCUT2D eigenvalue weighted by molar-refractivity contribution is -0.140. The molecule has 1 saturated heterocycles. The Hall–Kier alpha value is -3.44. The number of carbonyl (C=O) groups excluding carboxylic acids is 2. The minimum absolute atomic E-state index is 0.0747. The number of Topliss-reactive ketones (excluding diaryl/α,β-unsaturated/α-hetero) is 1. The van der Waals surface area contributed by atoms with Crippen molar-refractivity contribution in [1.82, 2.24) is 9.88 Å². The van der Waals surface area contributed by atoms with Gasteiger partial charge in [-0.25, -0.2) is 0 Å². The van der Waals surface area contributed by atoms with E-state index >= 15 is 0 Å². The average molecular weight is 419 g/mol. The molecule has 0 bridgehead atoms. The Kier molecular flexibility index (Phi) is 5.38. The van der Waals surface area contributed by atoms with Gasteiger partial charge in [0, 0.05) is 29.5 Å². The summed E-state index contributed by atoms with van der Waals surface area (Å²) in [5, 5.41) is 11.5. The predicted molar refractivity (Wildman–Crippen MR) is 115 cm³/mol. The van der Waals surface area contributed by atoms with Gasteiger partial charge in [-0.2, -0.15) is 0 Å². The van der Waals surface area contributed by atoms with Crippen molar-refractivity contribution in [2.24, 2.45) is 0 Å². The summed E-state index contributed by atoms with van der Waals surface area (Å²) >= 11 is 5.95. The number of aliphatic hydroxyl groups excluding tert-OH is 1. The van der Waals surface area contributed by atoms with Crippen LogP contribution in [-0.4, -0.2) is 26.7 Å². The van der Waals surface area contributed by atoms with Gasteiger partial charge in [-0.05, 0) is 60.0 Å². The predicted octanol–water partition coefficient (Wildman–Crippen LogP) is 4.67. The van der Waals surface area contributed by atoms with E-state index in [-0.39, 0.29) is 17.9 Å². The number of rotatable bonds is 4. The SMILES string of the molecule is Cc1ccccc1C1/C(=C(/O)c2ccc(Cl)cc2)C(=O)C(=O)N1Cc1ccncc1. The Morgan fingerprint density at radius 1 is 1.03 bits per heavy atom. The molecule has 1 amide bonds. The first-order chi connectivity index (χ1) is 14.5. The third-order valence-electron chi connectivity index (χ3n) is 5.24. The monoisotopic (exact) mass is 418 g/mol. The van der Waals surface area contributed by atoms with Crippen molar-refractivity contribution in [3.8, 4) is 0 Å². The zero-order valence-corrected chi connectivity index (χ0v) is 17.0. The van der Waals surface area contributed by atoms with Crippen LogP contribution in [0, 0.1) is 6.92 Å². The van der Waals surface area contributed by atoms with Crippen LogP contribution in [0.1, 0.15) is 28.3 Å². The van der Waals surface area contributed by atoms with E-state index in [0.717, 1.165) is 16.7 Å². The molecule has 2 aromatic carbocycles. The van der Waals surface area contributed by atoms with Gasteiger partial charge >= 0.3 is 0 Å². The first-order valence-corrected chi connectivity index (χ1v) is 9.84. The van der Waals surface area contributed by atoms with Gasteiger partial charge in [0.2, 0.25) is 0 Å². The largest absolute Gasteiger partial charge is 0.507 e. The molecule has 1 aliphatic rings. The zero-order valence-electron chi connectivity index (χ0n) is 16.2. The molecular formula is C24H19ClN2O3. The second-order valence-corrected chi connectivity index (χ2v) is 7.58. The van der Waals surface area contributed by atoms with Crippen molar-refractivity contribution < 1.29 is 14.7 Å². The highest BCUT2D eigenvalue weighted by Gasteiger charge is 2.46. The topological polar surface area (TPSA) is 70.5 Å². The molecule has 30 heavy (non-hydrogen) atoms. The average Bonchev–Trinajstić information content (AvgIpc) is 3.00. The molecule has 3 aromatic rings. The van der Waals surface area contributed by atoms with Crippen LogP contribution in [0.25, 0.3) is 5.76 Å². The Bertz CT molecular complexity index is 1140. The molecule has 1 aliphatic heterocycles. The van der Waals surface area contributed by atoms with Crippen molar-refractivity contribution in [2.45, 2.75) is 19.5 Å². The quantitative estimate of drug-likeness (QED) is 0.380. The minimum atomic E-state index is -0.704. The molecule has 4 rings (SSSR count). The molecule has 150 valence electrons. The fourth-order valence-electron chi connectivity index (χ4n) is 3.71. The fraction of sp³-hybridized carbons (Fsp3) is 0.125. The van der Waals surface area contributed by atoms with E-state index in [4.69, 9.17) is 11.6 Å². The van der Waals surface area contributed by atoms with Crippen molar-refractivity contribution in [3.05, 3.63) is 106 Å². The first kappa shape index (κ1) is 19.9. The summed E-state index contributed by atoms with van der Waals surface area (Å²) in [6.07, 6.45) is 3.28. The lowest BCUT2D eigenvalue weighted by Crippen LogP contribution is -2.29. The van der Waals surface area contributed by atoms with Gasteiger partial charge in [0.05, 0.1) is 11.6 Å². The molecule has 0 spiro atoms. The summed E-state index contributed by atoms with van der Waals surface area (Å²) in [5.74, 6) is -1.56. The number of aryl methyl sites for hydroxylation is 1. The third-order valence-corrected chi connectivity index (χ3v) is 5.49. The van der Waals surface area contributed by atoms with Crippen LogP contribution in [0.5, 0.6) is 0 Å². The Balaban J connectivity index is 1.88. The molecule has 1 N–H and O–H groups in total. The number of benzene rings is 2. The lowest BCUT2D eigenvalue weighted by atomic mass is 9.92. The first-order valence-electron chi connectivity index (χ1n) is 9.46. The second kappa shape index (κ2) is 8.13. The number of amides is 1. The minimum Gasteiger partial charge on any atom is -0.507 e. The van der Waals surface area contributed by atoms with E-state index in [1.165, 1.54) is 4.90 Å². The van der Waals surface area contributed by atoms with Crippen LogP contribution in [0.4, 0.5) is 0 Å². The lowest BCUT2D eigenvalue weighted by Gasteiger charge is -2.26. The van der Waals surface area contributed by atoms with Crippen molar-refractivity contribution in [1.29, 1.82) is 0 Å². The highest BCUT2D eigenvalue weighted by Crippen LogP contribution is 2.41. The van der Waals surface area contributed by atoms with Crippen LogP contribution in [0.3, 0.4) is 0 Å². The molecule has 0 aliphatic carbocycles. The summed E-state index contributed by atoms with van der Waals surface area (Å²) < 4.78 is 0. The standard InChI is InChI=1S/C24H19ClN2O3/c1-15-4-2-3-5-19(15)21-20(22(28)17-6-8-18(25)9-7-17)23(29)24(30)27(21)14-16-10-12-26-13-11-16/h2-13,21,28H,14H2,1H3/b22-20-. The molecule has 1 atom stereocenters. The van der Waals surface area contributed by atoms with Gasteiger partial charge in [0.25, 0.3) is 11.7 Å². The van der Waals surface area contributed by atoms with Crippen LogP contribution in [0.2, 0.25) is 5.02 Å². The molecule has 1 aromatic heterocycles. The number of aliphatic hydroxyl groups is 1. The number of likely N-dealkylation sites (tertiary alicyclic amines) is 1. The number of nitrogens with zero attached hydrogens (tertiary/aromatic N) is 2. The highest BCUT2D eigenvalue weighted by molar-refractivity contribution is 6.46. The Morgan fingerprint density at radius 3 is 2.37 bits per heavy atom. The molecule has 1 unspecified atom stereocenters. The number of hydrogen-bond donors (Lipinski definition) is 1. The van der Waals surface area contributed by atoms with Crippen LogP contribution in [0.15, 0.2) is 78.6 Å². The van der Waals surface area contributed by atoms with E-state index in [1.807, 2.05) is 31.2 Å². The molecule has 2 heterocycles. The van der Waals surface area contributed by atoms with Gasteiger partial charge in [-0.15, -0.1) is 0 Å². The van der Waals surface area contributed by atoms with Crippen molar-refractivity contribution in [2.75, 3.05) is 0 Å². The van der Waals surface area contributed by atoms with Crippen LogP contribution in [-0.2, 0) is 16.1 Å². The van der Waals surface area contributed by atoms with Crippen LogP contribution < -0.4 is 0 Å². The van der Waals surface area contributed by atoms with Gasteiger partial charge < -0.3 is 10.0 Å². The van der Waals surface area contributed by atoms with Crippen molar-refractivity contribution >= 4 is 29.1 Å². The maximum Gasteiger partial charge on any atom is 0.295 e. The Labute approximate surface area is 179 Å². The molecular weight excluding hydrogens is 400 g/mol. The zero-order chi connectivity index (χ0) is 21.3. The number of halogens is 1. The summed E-state index contributed by atoms with van der Waals surface area (Å²) in [6.45, 7) is 2.15. The number of ketones is 1. The summed E-state index contributed by atoms with van der Waals surface area (Å²) in [7, 11) is 0. The number of carbonyl (C=O) groups is 2. The molecule has 5 nitrogen and oxygen atoms in total. The number of pyridine rings is 1. The van der Waals surface area contributed by atoms with Gasteiger partial charge in [0.1, 0.15) is 5.76 Å². The second-order valence-electron chi connectivity index (χ2n) is 7.15. The highest BCUT2D eigenvalue weighted by atomic mass is 35.5. The van der Waals surface area contributed by atoms with Crippen LogP contribution >= 0.6 is 11.6 Å². The van der Waals surface area contributed by atoms with E-state index in [0.29, 0.717) is 10.6 Å². The third kappa shape index (κ3) is 3.60. The summed E-state index contributed by atoms with van der Waals surface area (Å²) in [6, 6.07) is 17.0. The molecule has 0 saturated carbocycles. The van der Waals surface area contributed by atoms with E-state index in [2.05, 4.69) is 4.98 Å². The van der Waals surface area contributed by atoms with Gasteiger partial charge in [-0.3, -0.25) is 14.6 Å². The fourth-order valence-corrected chi connectivity index (χ4v) is 3.83. The summed E-state index contributed by atoms with van der Waals surface area (Å²) in [5.41, 5.74) is 3.06. The van der Waals surface area contributed by atoms with Crippen molar-refractivity contribution in [3.63, 3.8) is 0 Å². The Morgan fingerprint density at radius 2 is 1.70 bits per heavy atom. The number of aromatic nitrogens is 1. The van der Waals surface area contributed by atoms with Gasteiger partial charge in [0.15, 0.2) is 0 Å².